The number of hydrazine groups is 1. The molecule has 1 heterocycles. The van der Waals surface area contributed by atoms with Crippen LogP contribution in [0, 0.1) is 0 Å². The van der Waals surface area contributed by atoms with Gasteiger partial charge in [-0.3, -0.25) is 0 Å². The number of sulfonamides is 1. The Morgan fingerprint density at radius 3 is 2.41 bits per heavy atom. The quantitative estimate of drug-likeness (QED) is 0.770. The lowest BCUT2D eigenvalue weighted by atomic mass is 10.3. The molecule has 1 aliphatic heterocycles. The summed E-state index contributed by atoms with van der Waals surface area (Å²) in [6.07, 6.45) is 1.93. The molecule has 2 N–H and O–H groups in total. The summed E-state index contributed by atoms with van der Waals surface area (Å²) in [5.41, 5.74) is 6.46. The molecule has 6 heteroatoms. The minimum Gasteiger partial charge on any atom is -0.321 e. The van der Waals surface area contributed by atoms with Crippen LogP contribution in [0.5, 0.6) is 0 Å². The second-order valence-electron chi connectivity index (χ2n) is 4.03. The molecule has 5 nitrogen and oxygen atoms in total. The van der Waals surface area contributed by atoms with Gasteiger partial charge in [0.25, 0.3) is 0 Å². The van der Waals surface area contributed by atoms with Crippen molar-refractivity contribution >= 4 is 15.7 Å². The highest BCUT2D eigenvalue weighted by Gasteiger charge is 2.24. The Balaban J connectivity index is 1.82. The van der Waals surface area contributed by atoms with Crippen molar-refractivity contribution in [3.05, 3.63) is 30.3 Å². The van der Waals surface area contributed by atoms with Crippen molar-refractivity contribution < 1.29 is 8.42 Å². The van der Waals surface area contributed by atoms with Crippen LogP contribution in [0.4, 0.5) is 5.69 Å². The normalized spacial score (nSPS) is 17.2. The van der Waals surface area contributed by atoms with E-state index >= 15 is 0 Å². The van der Waals surface area contributed by atoms with E-state index in [2.05, 4.69) is 10.9 Å². The van der Waals surface area contributed by atoms with E-state index in [1.807, 2.05) is 30.3 Å². The summed E-state index contributed by atoms with van der Waals surface area (Å²) < 4.78 is 25.2. The second-order valence-corrected chi connectivity index (χ2v) is 6.00. The van der Waals surface area contributed by atoms with Crippen LogP contribution in [0.1, 0.15) is 12.8 Å². The molecule has 17 heavy (non-hydrogen) atoms. The van der Waals surface area contributed by atoms with Gasteiger partial charge in [-0.2, -0.15) is 0 Å². The van der Waals surface area contributed by atoms with Gasteiger partial charge < -0.3 is 5.43 Å². The number of anilines is 1. The fraction of sp³-hybridized carbons (Fsp3) is 0.455. The first-order valence-corrected chi connectivity index (χ1v) is 7.31. The van der Waals surface area contributed by atoms with E-state index in [4.69, 9.17) is 0 Å². The number of hydrogen-bond donors (Lipinski definition) is 2. The molecule has 1 aromatic rings. The van der Waals surface area contributed by atoms with E-state index in [1.165, 1.54) is 4.31 Å². The zero-order valence-electron chi connectivity index (χ0n) is 9.59. The van der Waals surface area contributed by atoms with E-state index < -0.39 is 10.0 Å². The molecule has 0 atom stereocenters. The average Bonchev–Trinajstić information content (AvgIpc) is 2.84. The molecule has 94 valence electrons. The van der Waals surface area contributed by atoms with E-state index in [0.717, 1.165) is 18.5 Å². The molecule has 0 aromatic heterocycles. The highest BCUT2D eigenvalue weighted by atomic mass is 32.2. The Hall–Kier alpha value is -1.11. The smallest absolute Gasteiger partial charge is 0.228 e. The minimum atomic E-state index is -3.17. The van der Waals surface area contributed by atoms with Gasteiger partial charge in [-0.05, 0) is 25.0 Å². The lowest BCUT2D eigenvalue weighted by molar-refractivity contribution is 0.474. The first-order valence-electron chi connectivity index (χ1n) is 5.70. The Morgan fingerprint density at radius 2 is 1.76 bits per heavy atom. The molecule has 1 fully saturated rings. The third kappa shape index (κ3) is 3.42. The Morgan fingerprint density at radius 1 is 1.12 bits per heavy atom. The number of benzene rings is 1. The second kappa shape index (κ2) is 5.48. The molecule has 0 bridgehead atoms. The van der Waals surface area contributed by atoms with Gasteiger partial charge in [-0.15, -0.1) is 0 Å². The van der Waals surface area contributed by atoms with Crippen LogP contribution >= 0.6 is 0 Å². The maximum Gasteiger partial charge on any atom is 0.228 e. The van der Waals surface area contributed by atoms with Crippen LogP contribution in [-0.2, 0) is 10.0 Å². The molecule has 1 aliphatic rings. The third-order valence-corrected chi connectivity index (χ3v) is 4.38. The summed E-state index contributed by atoms with van der Waals surface area (Å²) in [7, 11) is -3.17. The van der Waals surface area contributed by atoms with E-state index in [-0.39, 0.29) is 5.88 Å². The zero-order valence-corrected chi connectivity index (χ0v) is 10.4. The van der Waals surface area contributed by atoms with Crippen LogP contribution in [0.25, 0.3) is 0 Å². The summed E-state index contributed by atoms with van der Waals surface area (Å²) in [5.74, 6) is -0.0815. The van der Waals surface area contributed by atoms with E-state index in [9.17, 15) is 8.42 Å². The highest BCUT2D eigenvalue weighted by molar-refractivity contribution is 7.89. The van der Waals surface area contributed by atoms with Crippen molar-refractivity contribution in [3.63, 3.8) is 0 Å². The number of para-hydroxylation sites is 1. The van der Waals surface area contributed by atoms with Crippen molar-refractivity contribution in [1.82, 2.24) is 9.73 Å². The molecule has 0 spiro atoms. The van der Waals surface area contributed by atoms with Gasteiger partial charge in [-0.1, -0.05) is 18.2 Å². The number of nitrogens with zero attached hydrogens (tertiary/aromatic N) is 1. The molecule has 0 radical (unpaired) electrons. The molecular formula is C11H17N3O2S. The van der Waals surface area contributed by atoms with E-state index in [0.29, 0.717) is 13.1 Å². The molecule has 0 aliphatic carbocycles. The number of nitrogens with one attached hydrogen (secondary N) is 2. The lowest BCUT2D eigenvalue weighted by Gasteiger charge is -2.16. The Kier molecular flexibility index (Phi) is 3.98. The lowest BCUT2D eigenvalue weighted by Crippen LogP contribution is -2.38. The van der Waals surface area contributed by atoms with Gasteiger partial charge in [0, 0.05) is 18.8 Å². The van der Waals surface area contributed by atoms with E-state index in [1.54, 1.807) is 0 Å². The maximum atomic E-state index is 11.8. The first-order chi connectivity index (χ1) is 8.18. The van der Waals surface area contributed by atoms with Crippen molar-refractivity contribution in [2.45, 2.75) is 12.8 Å². The van der Waals surface area contributed by atoms with Crippen LogP contribution in [0.2, 0.25) is 0 Å². The van der Waals surface area contributed by atoms with Gasteiger partial charge in [0.15, 0.2) is 0 Å². The van der Waals surface area contributed by atoms with Gasteiger partial charge in [0.2, 0.25) is 10.0 Å². The first kappa shape index (κ1) is 12.3. The number of rotatable bonds is 5. The summed E-state index contributed by atoms with van der Waals surface area (Å²) in [6.45, 7) is 1.30. The van der Waals surface area contributed by atoms with Gasteiger partial charge >= 0.3 is 0 Å². The molecule has 2 rings (SSSR count). The van der Waals surface area contributed by atoms with Crippen molar-refractivity contribution in [1.29, 1.82) is 0 Å². The van der Waals surface area contributed by atoms with Gasteiger partial charge in [0.1, 0.15) is 5.88 Å². The maximum absolute atomic E-state index is 11.8. The topological polar surface area (TPSA) is 61.4 Å². The molecule has 0 saturated carbocycles. The van der Waals surface area contributed by atoms with Crippen molar-refractivity contribution in [2.75, 3.05) is 24.4 Å². The van der Waals surface area contributed by atoms with Crippen LogP contribution in [-0.4, -0.2) is 31.7 Å². The number of hydrogen-bond acceptors (Lipinski definition) is 4. The predicted molar refractivity (Wildman–Crippen MR) is 67.8 cm³/mol. The largest absolute Gasteiger partial charge is 0.321 e. The Labute approximate surface area is 102 Å². The fourth-order valence-corrected chi connectivity index (χ4v) is 3.06. The van der Waals surface area contributed by atoms with Crippen molar-refractivity contribution in [2.24, 2.45) is 0 Å². The molecule has 1 saturated heterocycles. The summed E-state index contributed by atoms with van der Waals surface area (Å²) in [4.78, 5) is 0. The molecule has 0 unspecified atom stereocenters. The average molecular weight is 255 g/mol. The van der Waals surface area contributed by atoms with Crippen molar-refractivity contribution in [3.8, 4) is 0 Å². The zero-order chi connectivity index (χ0) is 12.1. The summed E-state index contributed by atoms with van der Waals surface area (Å²) in [6, 6.07) is 9.43. The highest BCUT2D eigenvalue weighted by Crippen LogP contribution is 2.12. The minimum absolute atomic E-state index is 0.0815. The van der Waals surface area contributed by atoms with Crippen LogP contribution in [0.3, 0.4) is 0 Å². The summed E-state index contributed by atoms with van der Waals surface area (Å²) >= 11 is 0. The summed E-state index contributed by atoms with van der Waals surface area (Å²) in [5, 5.41) is 0. The SMILES string of the molecule is O=S(=O)(CNNc1ccccc1)N1CCCC1. The van der Waals surface area contributed by atoms with Gasteiger partial charge in [-0.25, -0.2) is 18.1 Å². The van der Waals surface area contributed by atoms with Crippen LogP contribution in [0.15, 0.2) is 30.3 Å². The molecular weight excluding hydrogens is 238 g/mol. The molecule has 1 aromatic carbocycles. The Bertz CT molecular complexity index is 441. The molecule has 0 amide bonds. The third-order valence-electron chi connectivity index (χ3n) is 2.72. The van der Waals surface area contributed by atoms with Gasteiger partial charge in [0.05, 0.1) is 0 Å². The predicted octanol–water partition coefficient (Wildman–Crippen LogP) is 0.986. The van der Waals surface area contributed by atoms with Crippen LogP contribution < -0.4 is 10.9 Å². The fourth-order valence-electron chi connectivity index (χ4n) is 1.81. The standard InChI is InChI=1S/C11H17N3O2S/c15-17(16,14-8-4-5-9-14)10-12-13-11-6-2-1-3-7-11/h1-3,6-7,12-13H,4-5,8-10H2. The monoisotopic (exact) mass is 255 g/mol.